The molecule has 2 unspecified atom stereocenters. The van der Waals surface area contributed by atoms with Crippen LogP contribution < -0.4 is 10.0 Å². The Bertz CT molecular complexity index is 585. The number of hydrogen-bond donors (Lipinski definition) is 2. The number of hydrogen-bond acceptors (Lipinski definition) is 4. The van der Waals surface area contributed by atoms with E-state index in [1.807, 2.05) is 6.92 Å². The Hall–Kier alpha value is -1.13. The van der Waals surface area contributed by atoms with Crippen molar-refractivity contribution in [2.24, 2.45) is 5.92 Å². The van der Waals surface area contributed by atoms with Gasteiger partial charge in [-0.25, -0.2) is 13.1 Å². The van der Waals surface area contributed by atoms with Crippen molar-refractivity contribution in [1.82, 2.24) is 19.8 Å². The van der Waals surface area contributed by atoms with E-state index in [9.17, 15) is 21.6 Å². The highest BCUT2D eigenvalue weighted by atomic mass is 32.2. The summed E-state index contributed by atoms with van der Waals surface area (Å²) in [5, 5.41) is 6.52. The summed E-state index contributed by atoms with van der Waals surface area (Å²) in [6.45, 7) is 1.94. The van der Waals surface area contributed by atoms with E-state index < -0.39 is 22.7 Å². The fourth-order valence-electron chi connectivity index (χ4n) is 2.17. The SMILES string of the molecule is CC1CCNCC1NS(=O)(=O)c1cnn(CC(F)(F)F)c1. The first-order valence-corrected chi connectivity index (χ1v) is 7.98. The number of sulfonamides is 1. The molecule has 0 aromatic carbocycles. The summed E-state index contributed by atoms with van der Waals surface area (Å²) in [6, 6.07) is -0.283. The summed E-state index contributed by atoms with van der Waals surface area (Å²) >= 11 is 0. The molecule has 0 aliphatic carbocycles. The van der Waals surface area contributed by atoms with Crippen LogP contribution in [-0.2, 0) is 16.6 Å². The van der Waals surface area contributed by atoms with Crippen molar-refractivity contribution in [2.75, 3.05) is 13.1 Å². The molecule has 1 fully saturated rings. The molecule has 0 radical (unpaired) electrons. The van der Waals surface area contributed by atoms with E-state index in [0.29, 0.717) is 11.2 Å². The van der Waals surface area contributed by atoms with Crippen molar-refractivity contribution in [3.8, 4) is 0 Å². The highest BCUT2D eigenvalue weighted by Crippen LogP contribution is 2.19. The summed E-state index contributed by atoms with van der Waals surface area (Å²) in [5.41, 5.74) is 0. The third kappa shape index (κ3) is 4.42. The Kier molecular flexibility index (Phi) is 4.59. The molecule has 2 N–H and O–H groups in total. The van der Waals surface area contributed by atoms with Gasteiger partial charge in [-0.2, -0.15) is 18.3 Å². The highest BCUT2D eigenvalue weighted by molar-refractivity contribution is 7.89. The second kappa shape index (κ2) is 5.93. The lowest BCUT2D eigenvalue weighted by Crippen LogP contribution is -2.50. The molecule has 2 heterocycles. The zero-order chi connectivity index (χ0) is 15.7. The summed E-state index contributed by atoms with van der Waals surface area (Å²) in [6.07, 6.45) is -1.80. The number of aromatic nitrogens is 2. The van der Waals surface area contributed by atoms with Crippen LogP contribution in [0.3, 0.4) is 0 Å². The van der Waals surface area contributed by atoms with Crippen LogP contribution in [0.25, 0.3) is 0 Å². The number of nitrogens with zero attached hydrogens (tertiary/aromatic N) is 2. The summed E-state index contributed by atoms with van der Waals surface area (Å²) in [5.74, 6) is 0.159. The second-order valence-corrected chi connectivity index (χ2v) is 6.90. The van der Waals surface area contributed by atoms with Gasteiger partial charge in [0.05, 0.1) is 6.20 Å². The lowest BCUT2D eigenvalue weighted by Gasteiger charge is -2.29. The van der Waals surface area contributed by atoms with Gasteiger partial charge < -0.3 is 5.32 Å². The summed E-state index contributed by atoms with van der Waals surface area (Å²) < 4.78 is 64.1. The molecule has 2 rings (SSSR count). The zero-order valence-electron chi connectivity index (χ0n) is 11.4. The normalized spacial score (nSPS) is 24.2. The molecular formula is C11H17F3N4O2S. The largest absolute Gasteiger partial charge is 0.408 e. The Morgan fingerprint density at radius 2 is 2.24 bits per heavy atom. The van der Waals surface area contributed by atoms with Crippen LogP contribution in [-0.4, -0.2) is 43.5 Å². The van der Waals surface area contributed by atoms with Gasteiger partial charge >= 0.3 is 6.18 Å². The van der Waals surface area contributed by atoms with E-state index in [0.717, 1.165) is 25.4 Å². The van der Waals surface area contributed by atoms with E-state index >= 15 is 0 Å². The van der Waals surface area contributed by atoms with Gasteiger partial charge in [0.15, 0.2) is 0 Å². The predicted octanol–water partition coefficient (Wildman–Crippen LogP) is 0.722. The third-order valence-electron chi connectivity index (χ3n) is 3.40. The number of rotatable bonds is 4. The molecule has 0 amide bonds. The van der Waals surface area contributed by atoms with Crippen molar-refractivity contribution in [1.29, 1.82) is 0 Å². The van der Waals surface area contributed by atoms with Crippen LogP contribution in [0.4, 0.5) is 13.2 Å². The van der Waals surface area contributed by atoms with E-state index in [1.54, 1.807) is 0 Å². The highest BCUT2D eigenvalue weighted by Gasteiger charge is 2.30. The maximum atomic E-state index is 12.2. The topological polar surface area (TPSA) is 76.0 Å². The monoisotopic (exact) mass is 326 g/mol. The maximum Gasteiger partial charge on any atom is 0.408 e. The maximum absolute atomic E-state index is 12.2. The second-order valence-electron chi connectivity index (χ2n) is 5.19. The van der Waals surface area contributed by atoms with Gasteiger partial charge in [-0.15, -0.1) is 0 Å². The Morgan fingerprint density at radius 1 is 1.52 bits per heavy atom. The average Bonchev–Trinajstić information content (AvgIpc) is 2.79. The molecule has 0 saturated carbocycles. The van der Waals surface area contributed by atoms with Crippen LogP contribution in [0.5, 0.6) is 0 Å². The van der Waals surface area contributed by atoms with E-state index in [-0.39, 0.29) is 16.9 Å². The molecular weight excluding hydrogens is 309 g/mol. The molecule has 6 nitrogen and oxygen atoms in total. The van der Waals surface area contributed by atoms with E-state index in [2.05, 4.69) is 15.1 Å². The molecule has 2 atom stereocenters. The Labute approximate surface area is 120 Å². The Morgan fingerprint density at radius 3 is 2.86 bits per heavy atom. The van der Waals surface area contributed by atoms with Gasteiger partial charge in [0, 0.05) is 18.8 Å². The minimum atomic E-state index is -4.44. The molecule has 1 saturated heterocycles. The van der Waals surface area contributed by atoms with Crippen molar-refractivity contribution in [2.45, 2.75) is 37.0 Å². The van der Waals surface area contributed by atoms with Crippen LogP contribution in [0.1, 0.15) is 13.3 Å². The van der Waals surface area contributed by atoms with Crippen molar-refractivity contribution in [3.05, 3.63) is 12.4 Å². The van der Waals surface area contributed by atoms with Crippen LogP contribution >= 0.6 is 0 Å². The van der Waals surface area contributed by atoms with Gasteiger partial charge in [-0.3, -0.25) is 4.68 Å². The molecule has 10 heteroatoms. The first kappa shape index (κ1) is 16.2. The molecule has 1 aliphatic heterocycles. The van der Waals surface area contributed by atoms with Gasteiger partial charge in [-0.05, 0) is 18.9 Å². The van der Waals surface area contributed by atoms with Crippen LogP contribution in [0.15, 0.2) is 17.3 Å². The molecule has 1 aliphatic rings. The van der Waals surface area contributed by atoms with Gasteiger partial charge in [0.2, 0.25) is 10.0 Å². The minimum absolute atomic E-state index is 0.159. The number of nitrogens with one attached hydrogen (secondary N) is 2. The van der Waals surface area contributed by atoms with E-state index in [1.165, 1.54) is 0 Å². The summed E-state index contributed by atoms with van der Waals surface area (Å²) in [4.78, 5) is -0.260. The smallest absolute Gasteiger partial charge is 0.315 e. The predicted molar refractivity (Wildman–Crippen MR) is 69.0 cm³/mol. The van der Waals surface area contributed by atoms with Gasteiger partial charge in [-0.1, -0.05) is 6.92 Å². The molecule has 0 spiro atoms. The van der Waals surface area contributed by atoms with Crippen molar-refractivity contribution >= 4 is 10.0 Å². The lowest BCUT2D eigenvalue weighted by atomic mass is 9.96. The molecule has 21 heavy (non-hydrogen) atoms. The van der Waals surface area contributed by atoms with Crippen LogP contribution in [0, 0.1) is 5.92 Å². The fraction of sp³-hybridized carbons (Fsp3) is 0.727. The molecule has 1 aromatic rings. The van der Waals surface area contributed by atoms with Gasteiger partial charge in [0.1, 0.15) is 11.4 Å². The molecule has 0 bridgehead atoms. The fourth-order valence-corrected chi connectivity index (χ4v) is 3.46. The standard InChI is InChI=1S/C11H17F3N4O2S/c1-8-2-3-15-5-10(8)17-21(19,20)9-4-16-18(6-9)7-11(12,13)14/h4,6,8,10,15,17H,2-3,5,7H2,1H3. The number of halogens is 3. The summed E-state index contributed by atoms with van der Waals surface area (Å²) in [7, 11) is -3.87. The third-order valence-corrected chi connectivity index (χ3v) is 4.84. The molecule has 1 aromatic heterocycles. The first-order valence-electron chi connectivity index (χ1n) is 6.50. The number of alkyl halides is 3. The van der Waals surface area contributed by atoms with E-state index in [4.69, 9.17) is 0 Å². The van der Waals surface area contributed by atoms with Crippen LogP contribution in [0.2, 0.25) is 0 Å². The minimum Gasteiger partial charge on any atom is -0.315 e. The quantitative estimate of drug-likeness (QED) is 0.855. The molecule has 120 valence electrons. The van der Waals surface area contributed by atoms with Crippen molar-refractivity contribution in [3.63, 3.8) is 0 Å². The number of piperidine rings is 1. The van der Waals surface area contributed by atoms with Gasteiger partial charge in [0.25, 0.3) is 0 Å². The van der Waals surface area contributed by atoms with Crippen molar-refractivity contribution < 1.29 is 21.6 Å². The Balaban J connectivity index is 2.09. The average molecular weight is 326 g/mol. The first-order chi connectivity index (χ1) is 9.67. The lowest BCUT2D eigenvalue weighted by molar-refractivity contribution is -0.142. The zero-order valence-corrected chi connectivity index (χ0v) is 12.2.